The Labute approximate surface area is 125 Å². The molecule has 3 nitrogen and oxygen atoms in total. The van der Waals surface area contributed by atoms with Crippen LogP contribution in [0.4, 0.5) is 0 Å². The molecule has 20 heavy (non-hydrogen) atoms. The molecular weight excluding hydrogens is 268 g/mol. The zero-order valence-corrected chi connectivity index (χ0v) is 15.3. The van der Waals surface area contributed by atoms with Crippen LogP contribution in [-0.2, 0) is 14.0 Å². The van der Waals surface area contributed by atoms with Gasteiger partial charge in [0.15, 0.2) is 8.32 Å². The lowest BCUT2D eigenvalue weighted by molar-refractivity contribution is -0.148. The summed E-state index contributed by atoms with van der Waals surface area (Å²) in [6.07, 6.45) is 3.31. The van der Waals surface area contributed by atoms with Crippen LogP contribution in [0.2, 0.25) is 18.1 Å². The predicted octanol–water partition coefficient (Wildman–Crippen LogP) is 4.54. The zero-order chi connectivity index (χ0) is 16.0. The van der Waals surface area contributed by atoms with Gasteiger partial charge in [0.2, 0.25) is 0 Å². The number of rotatable bonds is 8. The highest BCUT2D eigenvalue weighted by atomic mass is 28.4. The second-order valence-electron chi connectivity index (χ2n) is 7.05. The van der Waals surface area contributed by atoms with E-state index < -0.39 is 8.32 Å². The second-order valence-corrected chi connectivity index (χ2v) is 11.9. The van der Waals surface area contributed by atoms with Crippen LogP contribution in [0.3, 0.4) is 0 Å². The van der Waals surface area contributed by atoms with Crippen LogP contribution in [0.25, 0.3) is 0 Å². The van der Waals surface area contributed by atoms with Crippen molar-refractivity contribution in [2.45, 2.75) is 71.7 Å². The van der Waals surface area contributed by atoms with Crippen molar-refractivity contribution in [2.24, 2.45) is 5.92 Å². The van der Waals surface area contributed by atoms with E-state index in [1.54, 1.807) is 6.08 Å². The highest BCUT2D eigenvalue weighted by molar-refractivity contribution is 6.74. The monoisotopic (exact) mass is 300 g/mol. The lowest BCUT2D eigenvalue weighted by atomic mass is 9.98. The number of carbonyl (C=O) groups excluding carboxylic acids is 1. The number of esters is 1. The maximum absolute atomic E-state index is 11.1. The first-order valence-corrected chi connectivity index (χ1v) is 10.3. The Morgan fingerprint density at radius 1 is 1.35 bits per heavy atom. The van der Waals surface area contributed by atoms with Gasteiger partial charge in [0.05, 0.1) is 0 Å². The predicted molar refractivity (Wildman–Crippen MR) is 87.3 cm³/mol. The molecule has 4 heteroatoms. The minimum absolute atomic E-state index is 0.0898. The highest BCUT2D eigenvalue weighted by Crippen LogP contribution is 2.36. The second kappa shape index (κ2) is 7.98. The fourth-order valence-electron chi connectivity index (χ4n) is 1.68. The van der Waals surface area contributed by atoms with Gasteiger partial charge in [-0.3, -0.25) is 4.79 Å². The third-order valence-electron chi connectivity index (χ3n) is 4.19. The van der Waals surface area contributed by atoms with E-state index in [2.05, 4.69) is 47.4 Å². The molecule has 2 atom stereocenters. The van der Waals surface area contributed by atoms with E-state index in [4.69, 9.17) is 9.16 Å². The van der Waals surface area contributed by atoms with Crippen molar-refractivity contribution in [1.82, 2.24) is 0 Å². The molecular formula is C16H32O3Si. The van der Waals surface area contributed by atoms with Gasteiger partial charge in [0.1, 0.15) is 6.10 Å². The van der Waals surface area contributed by atoms with E-state index >= 15 is 0 Å². The molecule has 1 unspecified atom stereocenters. The van der Waals surface area contributed by atoms with Gasteiger partial charge in [-0.05, 0) is 30.5 Å². The summed E-state index contributed by atoms with van der Waals surface area (Å²) >= 11 is 0. The smallest absolute Gasteiger partial charge is 0.302 e. The van der Waals surface area contributed by atoms with Gasteiger partial charge in [-0.15, -0.1) is 6.58 Å². The topological polar surface area (TPSA) is 35.5 Å². The van der Waals surface area contributed by atoms with Crippen LogP contribution in [0.1, 0.15) is 47.5 Å². The lowest BCUT2D eigenvalue weighted by Crippen LogP contribution is -2.41. The van der Waals surface area contributed by atoms with Crippen LogP contribution in [0.15, 0.2) is 12.7 Å². The van der Waals surface area contributed by atoms with Crippen molar-refractivity contribution in [3.63, 3.8) is 0 Å². The average molecular weight is 301 g/mol. The van der Waals surface area contributed by atoms with Gasteiger partial charge >= 0.3 is 5.97 Å². The SMILES string of the molecule is C=CCC(OC(C)=O)[C@H](C)CCO[Si](C)(C)C(C)(C)C. The normalized spacial score (nSPS) is 15.6. The molecule has 0 saturated carbocycles. The molecule has 0 aliphatic rings. The maximum Gasteiger partial charge on any atom is 0.302 e. The molecule has 0 radical (unpaired) electrons. The molecule has 0 amide bonds. The zero-order valence-electron chi connectivity index (χ0n) is 14.3. The number of hydrogen-bond donors (Lipinski definition) is 0. The molecule has 0 aromatic carbocycles. The van der Waals surface area contributed by atoms with E-state index in [-0.39, 0.29) is 23.0 Å². The third kappa shape index (κ3) is 6.71. The molecule has 0 rings (SSSR count). The molecule has 0 aliphatic heterocycles. The summed E-state index contributed by atoms with van der Waals surface area (Å²) in [4.78, 5) is 11.1. The van der Waals surface area contributed by atoms with Crippen molar-refractivity contribution in [3.8, 4) is 0 Å². The van der Waals surface area contributed by atoms with Gasteiger partial charge in [-0.25, -0.2) is 0 Å². The van der Waals surface area contributed by atoms with Gasteiger partial charge in [0.25, 0.3) is 0 Å². The molecule has 0 bridgehead atoms. The summed E-state index contributed by atoms with van der Waals surface area (Å²) in [5, 5.41) is 0.229. The first-order valence-electron chi connectivity index (χ1n) is 7.43. The van der Waals surface area contributed by atoms with Crippen molar-refractivity contribution in [1.29, 1.82) is 0 Å². The van der Waals surface area contributed by atoms with Crippen molar-refractivity contribution < 1.29 is 14.0 Å². The van der Waals surface area contributed by atoms with E-state index in [9.17, 15) is 4.79 Å². The van der Waals surface area contributed by atoms with E-state index in [0.717, 1.165) is 13.0 Å². The van der Waals surface area contributed by atoms with E-state index in [0.29, 0.717) is 6.42 Å². The summed E-state index contributed by atoms with van der Waals surface area (Å²) in [7, 11) is -1.68. The molecule has 0 N–H and O–H groups in total. The fourth-order valence-corrected chi connectivity index (χ4v) is 2.74. The number of hydrogen-bond acceptors (Lipinski definition) is 3. The Balaban J connectivity index is 4.35. The van der Waals surface area contributed by atoms with Crippen molar-refractivity contribution in [2.75, 3.05) is 6.61 Å². The van der Waals surface area contributed by atoms with E-state index in [1.165, 1.54) is 6.92 Å². The minimum atomic E-state index is -1.68. The van der Waals surface area contributed by atoms with E-state index in [1.807, 2.05) is 0 Å². The third-order valence-corrected chi connectivity index (χ3v) is 8.73. The molecule has 0 heterocycles. The summed E-state index contributed by atoms with van der Waals surface area (Å²) < 4.78 is 11.5. The molecule has 0 aromatic heterocycles. The summed E-state index contributed by atoms with van der Waals surface area (Å²) in [5.74, 6) is 0.0516. The van der Waals surface area contributed by atoms with Crippen molar-refractivity contribution in [3.05, 3.63) is 12.7 Å². The standard InChI is InChI=1S/C16H32O3Si/c1-9-10-15(19-14(3)17)13(2)11-12-18-20(7,8)16(4,5)6/h9,13,15H,1,10-12H2,2-8H3/t13-,15?/m1/s1. The Kier molecular flexibility index (Phi) is 7.74. The van der Waals surface area contributed by atoms with Gasteiger partial charge in [-0.2, -0.15) is 0 Å². The van der Waals surface area contributed by atoms with Gasteiger partial charge in [-0.1, -0.05) is 33.8 Å². The Morgan fingerprint density at radius 2 is 1.90 bits per heavy atom. The molecule has 0 aliphatic carbocycles. The summed E-state index contributed by atoms with van der Waals surface area (Å²) in [6, 6.07) is 0. The Morgan fingerprint density at radius 3 is 2.30 bits per heavy atom. The molecule has 0 spiro atoms. The summed E-state index contributed by atoms with van der Waals surface area (Å²) in [5.41, 5.74) is 0. The number of carbonyl (C=O) groups is 1. The average Bonchev–Trinajstić information content (AvgIpc) is 2.25. The van der Waals surface area contributed by atoms with Crippen LogP contribution in [0, 0.1) is 5.92 Å². The summed E-state index contributed by atoms with van der Waals surface area (Å²) in [6.45, 7) is 19.2. The van der Waals surface area contributed by atoms with Gasteiger partial charge < -0.3 is 9.16 Å². The largest absolute Gasteiger partial charge is 0.462 e. The van der Waals surface area contributed by atoms with Crippen LogP contribution in [-0.4, -0.2) is 27.0 Å². The van der Waals surface area contributed by atoms with Crippen LogP contribution >= 0.6 is 0 Å². The Hall–Kier alpha value is -0.613. The lowest BCUT2D eigenvalue weighted by Gasteiger charge is -2.36. The fraction of sp³-hybridized carbons (Fsp3) is 0.812. The number of ether oxygens (including phenoxy) is 1. The van der Waals surface area contributed by atoms with Crippen LogP contribution < -0.4 is 0 Å². The van der Waals surface area contributed by atoms with Crippen molar-refractivity contribution >= 4 is 14.3 Å². The quantitative estimate of drug-likeness (QED) is 0.375. The molecule has 0 saturated heterocycles. The molecule has 118 valence electrons. The maximum atomic E-state index is 11.1. The first-order chi connectivity index (χ1) is 9.01. The molecule has 0 fully saturated rings. The van der Waals surface area contributed by atoms with Gasteiger partial charge in [0, 0.05) is 20.0 Å². The Bertz CT molecular complexity index is 318. The molecule has 0 aromatic rings. The first kappa shape index (κ1) is 19.4. The van der Waals surface area contributed by atoms with Crippen LogP contribution in [0.5, 0.6) is 0 Å². The minimum Gasteiger partial charge on any atom is -0.462 e. The highest BCUT2D eigenvalue weighted by Gasteiger charge is 2.37.